The van der Waals surface area contributed by atoms with Crippen molar-refractivity contribution < 1.29 is 0 Å². The van der Waals surface area contributed by atoms with Gasteiger partial charge in [-0.25, -0.2) is 0 Å². The van der Waals surface area contributed by atoms with Gasteiger partial charge in [-0.05, 0) is 117 Å². The van der Waals surface area contributed by atoms with Gasteiger partial charge < -0.3 is 9.88 Å². The van der Waals surface area contributed by atoms with Gasteiger partial charge in [-0.15, -0.1) is 0 Å². The third kappa shape index (κ3) is 3.29. The smallest absolute Gasteiger partial charge is 0.0492 e. The Kier molecular flexibility index (Phi) is 4.84. The molecule has 4 saturated carbocycles. The second-order valence-electron chi connectivity index (χ2n) is 12.0. The Balaban J connectivity index is 1.23. The van der Waals surface area contributed by atoms with Crippen LogP contribution in [0.1, 0.15) is 57.9 Å². The van der Waals surface area contributed by atoms with Crippen molar-refractivity contribution in [1.82, 2.24) is 4.57 Å². The molecule has 1 aromatic heterocycles. The van der Waals surface area contributed by atoms with E-state index in [4.69, 9.17) is 11.6 Å². The molecule has 0 aliphatic heterocycles. The molecule has 180 valence electrons. The van der Waals surface area contributed by atoms with Crippen molar-refractivity contribution in [2.75, 3.05) is 5.32 Å². The lowest BCUT2D eigenvalue weighted by Crippen LogP contribution is -2.58. The number of halogens is 1. The van der Waals surface area contributed by atoms with Gasteiger partial charge in [0.05, 0.1) is 0 Å². The van der Waals surface area contributed by atoms with E-state index in [0.29, 0.717) is 16.9 Å². The fraction of sp³-hybridized carbons (Fsp3) is 0.438. The normalized spacial score (nSPS) is 30.3. The number of aromatic nitrogens is 1. The van der Waals surface area contributed by atoms with Crippen LogP contribution in [-0.4, -0.2) is 10.6 Å². The third-order valence-corrected chi connectivity index (χ3v) is 10.2. The average molecular weight is 483 g/mol. The summed E-state index contributed by atoms with van der Waals surface area (Å²) in [6, 6.07) is 25.2. The molecule has 35 heavy (non-hydrogen) atoms. The number of anilines is 1. The van der Waals surface area contributed by atoms with Crippen molar-refractivity contribution >= 4 is 39.1 Å². The van der Waals surface area contributed by atoms with Gasteiger partial charge >= 0.3 is 0 Å². The SMILES string of the molecule is CCn1c2ccccc2c2cc(NC(C)C34CC5CC(CC(c6ccc(Cl)cc6)(C5)C3)C4)ccc21. The van der Waals surface area contributed by atoms with Gasteiger partial charge in [-0.2, -0.15) is 0 Å². The zero-order chi connectivity index (χ0) is 23.8. The number of hydrogen-bond donors (Lipinski definition) is 1. The molecule has 1 heterocycles. The van der Waals surface area contributed by atoms with Crippen LogP contribution in [0.3, 0.4) is 0 Å². The summed E-state index contributed by atoms with van der Waals surface area (Å²) in [7, 11) is 0. The average Bonchev–Trinajstić information content (AvgIpc) is 3.16. The molecule has 4 bridgehead atoms. The largest absolute Gasteiger partial charge is 0.382 e. The molecule has 3 atom stereocenters. The second-order valence-corrected chi connectivity index (χ2v) is 12.4. The molecule has 3 heteroatoms. The summed E-state index contributed by atoms with van der Waals surface area (Å²) < 4.78 is 2.44. The lowest BCUT2D eigenvalue weighted by atomic mass is 9.41. The fourth-order valence-electron chi connectivity index (χ4n) is 8.87. The molecule has 4 aliphatic rings. The summed E-state index contributed by atoms with van der Waals surface area (Å²) in [6.07, 6.45) is 8.23. The van der Waals surface area contributed by atoms with Gasteiger partial charge in [0.2, 0.25) is 0 Å². The predicted molar refractivity (Wildman–Crippen MR) is 148 cm³/mol. The second kappa shape index (κ2) is 7.77. The molecule has 4 aromatic rings. The highest BCUT2D eigenvalue weighted by atomic mass is 35.5. The first-order valence-electron chi connectivity index (χ1n) is 13.5. The molecule has 3 unspecified atom stereocenters. The van der Waals surface area contributed by atoms with E-state index in [-0.39, 0.29) is 0 Å². The maximum absolute atomic E-state index is 6.26. The van der Waals surface area contributed by atoms with Crippen molar-refractivity contribution in [3.05, 3.63) is 77.3 Å². The summed E-state index contributed by atoms with van der Waals surface area (Å²) >= 11 is 6.26. The molecule has 1 N–H and O–H groups in total. The number of benzene rings is 3. The van der Waals surface area contributed by atoms with Crippen LogP contribution in [0.25, 0.3) is 21.8 Å². The van der Waals surface area contributed by atoms with Crippen molar-refractivity contribution in [2.45, 2.75) is 70.4 Å². The molecular weight excluding hydrogens is 448 g/mol. The summed E-state index contributed by atoms with van der Waals surface area (Å²) in [6.45, 7) is 5.69. The van der Waals surface area contributed by atoms with Crippen LogP contribution < -0.4 is 5.32 Å². The van der Waals surface area contributed by atoms with Crippen LogP contribution in [0.5, 0.6) is 0 Å². The summed E-state index contributed by atoms with van der Waals surface area (Å²) in [5.41, 5.74) is 6.17. The highest BCUT2D eigenvalue weighted by molar-refractivity contribution is 6.30. The van der Waals surface area contributed by atoms with E-state index in [0.717, 1.165) is 23.4 Å². The Morgan fingerprint density at radius 1 is 0.914 bits per heavy atom. The highest BCUT2D eigenvalue weighted by Gasteiger charge is 2.59. The van der Waals surface area contributed by atoms with E-state index in [2.05, 4.69) is 90.5 Å². The zero-order valence-corrected chi connectivity index (χ0v) is 21.6. The number of para-hydroxylation sites is 1. The maximum atomic E-state index is 6.26. The first kappa shape index (κ1) is 21.8. The molecule has 3 aromatic carbocycles. The molecule has 4 aliphatic carbocycles. The van der Waals surface area contributed by atoms with Gasteiger partial charge in [0, 0.05) is 45.1 Å². The maximum Gasteiger partial charge on any atom is 0.0492 e. The Morgan fingerprint density at radius 3 is 2.37 bits per heavy atom. The summed E-state index contributed by atoms with van der Waals surface area (Å²) in [4.78, 5) is 0. The van der Waals surface area contributed by atoms with E-state index in [1.165, 1.54) is 71.6 Å². The van der Waals surface area contributed by atoms with E-state index in [1.807, 2.05) is 0 Å². The van der Waals surface area contributed by atoms with E-state index < -0.39 is 0 Å². The third-order valence-electron chi connectivity index (χ3n) is 9.95. The lowest BCUT2D eigenvalue weighted by molar-refractivity contribution is -0.0789. The van der Waals surface area contributed by atoms with Gasteiger partial charge in [0.25, 0.3) is 0 Å². The van der Waals surface area contributed by atoms with Crippen LogP contribution in [0.15, 0.2) is 66.7 Å². The molecule has 4 fully saturated rings. The number of aryl methyl sites for hydroxylation is 1. The zero-order valence-electron chi connectivity index (χ0n) is 20.9. The van der Waals surface area contributed by atoms with Crippen LogP contribution >= 0.6 is 11.6 Å². The minimum Gasteiger partial charge on any atom is -0.382 e. The molecule has 0 saturated heterocycles. The minimum absolute atomic E-state index is 0.336. The van der Waals surface area contributed by atoms with Crippen molar-refractivity contribution in [3.63, 3.8) is 0 Å². The van der Waals surface area contributed by atoms with Crippen LogP contribution in [0.2, 0.25) is 5.02 Å². The van der Waals surface area contributed by atoms with Crippen LogP contribution in [-0.2, 0) is 12.0 Å². The van der Waals surface area contributed by atoms with Crippen molar-refractivity contribution in [1.29, 1.82) is 0 Å². The molecule has 2 nitrogen and oxygen atoms in total. The summed E-state index contributed by atoms with van der Waals surface area (Å²) in [5.74, 6) is 1.72. The standard InChI is InChI=1S/C32H35ClN2/c1-3-35-29-7-5-4-6-27(29)28-15-26(12-13-30(28)35)34-21(2)31-16-22-14-23(17-31)19-32(18-22,20-31)24-8-10-25(33)11-9-24/h4-13,15,21-23,34H,3,14,16-20H2,1-2H3. The van der Waals surface area contributed by atoms with Gasteiger partial charge in [-0.1, -0.05) is 41.9 Å². The summed E-state index contributed by atoms with van der Waals surface area (Å²) in [5, 5.41) is 7.60. The molecule has 0 spiro atoms. The Bertz CT molecular complexity index is 1400. The number of hydrogen-bond acceptors (Lipinski definition) is 1. The number of nitrogens with zero attached hydrogens (tertiary/aromatic N) is 1. The quantitative estimate of drug-likeness (QED) is 0.300. The molecule has 0 amide bonds. The molecule has 0 radical (unpaired) electrons. The Morgan fingerprint density at radius 2 is 1.63 bits per heavy atom. The lowest BCUT2D eigenvalue weighted by Gasteiger charge is -2.64. The van der Waals surface area contributed by atoms with Crippen molar-refractivity contribution in [3.8, 4) is 0 Å². The van der Waals surface area contributed by atoms with Crippen LogP contribution in [0, 0.1) is 17.3 Å². The number of rotatable bonds is 5. The topological polar surface area (TPSA) is 17.0 Å². The monoisotopic (exact) mass is 482 g/mol. The first-order valence-corrected chi connectivity index (χ1v) is 13.9. The van der Waals surface area contributed by atoms with Gasteiger partial charge in [-0.3, -0.25) is 0 Å². The fourth-order valence-corrected chi connectivity index (χ4v) is 8.99. The van der Waals surface area contributed by atoms with Gasteiger partial charge in [0.1, 0.15) is 0 Å². The van der Waals surface area contributed by atoms with Gasteiger partial charge in [0.15, 0.2) is 0 Å². The van der Waals surface area contributed by atoms with Crippen molar-refractivity contribution in [2.24, 2.45) is 17.3 Å². The Labute approximate surface area is 213 Å². The number of fused-ring (bicyclic) bond motifs is 3. The van der Waals surface area contributed by atoms with E-state index >= 15 is 0 Å². The van der Waals surface area contributed by atoms with Crippen LogP contribution in [0.4, 0.5) is 5.69 Å². The molecule has 8 rings (SSSR count). The number of nitrogens with one attached hydrogen (secondary N) is 1. The Hall–Kier alpha value is -2.45. The molecular formula is C32H35ClN2. The highest BCUT2D eigenvalue weighted by Crippen LogP contribution is 2.67. The van der Waals surface area contributed by atoms with E-state index in [1.54, 1.807) is 0 Å². The first-order chi connectivity index (χ1) is 17.0. The predicted octanol–water partition coefficient (Wildman–Crippen LogP) is 8.81. The minimum atomic E-state index is 0.336. The van der Waals surface area contributed by atoms with E-state index in [9.17, 15) is 0 Å².